The van der Waals surface area contributed by atoms with Gasteiger partial charge in [-0.15, -0.1) is 0 Å². The number of aromatic amines is 1. The maximum atomic E-state index is 12.1. The molecule has 1 amide bonds. The Bertz CT molecular complexity index is 1260. The Kier molecular flexibility index (Phi) is 6.01. The molecule has 1 fully saturated rings. The largest absolute Gasteiger partial charge is 0.325 e. The fourth-order valence-corrected chi connectivity index (χ4v) is 4.26. The molecule has 0 atom stereocenters. The maximum Gasteiger partial charge on any atom is 0.238 e. The van der Waals surface area contributed by atoms with Crippen molar-refractivity contribution in [3.8, 4) is 0 Å². The van der Waals surface area contributed by atoms with E-state index in [0.29, 0.717) is 18.4 Å². The maximum absolute atomic E-state index is 12.1. The number of benzene rings is 1. The first kappa shape index (κ1) is 21.5. The van der Waals surface area contributed by atoms with E-state index in [-0.39, 0.29) is 5.91 Å². The molecule has 1 aliphatic carbocycles. The van der Waals surface area contributed by atoms with Crippen LogP contribution in [0.3, 0.4) is 0 Å². The van der Waals surface area contributed by atoms with E-state index in [4.69, 9.17) is 4.98 Å². The van der Waals surface area contributed by atoms with Gasteiger partial charge in [0.25, 0.3) is 0 Å². The van der Waals surface area contributed by atoms with Crippen LogP contribution in [0.15, 0.2) is 58.7 Å². The van der Waals surface area contributed by atoms with Crippen molar-refractivity contribution in [3.63, 3.8) is 0 Å². The zero-order valence-electron chi connectivity index (χ0n) is 18.6. The van der Waals surface area contributed by atoms with Crippen molar-refractivity contribution in [2.45, 2.75) is 35.6 Å². The Balaban J connectivity index is 1.30. The second-order valence-corrected chi connectivity index (χ2v) is 9.28. The summed E-state index contributed by atoms with van der Waals surface area (Å²) in [4.78, 5) is 24.3. The fourth-order valence-electron chi connectivity index (χ4n) is 3.45. The number of aromatic nitrogens is 5. The molecule has 0 spiro atoms. The number of carbonyl (C=O) groups is 1. The minimum atomic E-state index is -0.0231. The van der Waals surface area contributed by atoms with Gasteiger partial charge in [-0.2, -0.15) is 5.10 Å². The Morgan fingerprint density at radius 3 is 2.85 bits per heavy atom. The first-order valence-electron chi connectivity index (χ1n) is 11.0. The normalized spacial score (nSPS) is 13.5. The van der Waals surface area contributed by atoms with Gasteiger partial charge in [0.05, 0.1) is 6.54 Å². The lowest BCUT2D eigenvalue weighted by Gasteiger charge is -2.13. The highest BCUT2D eigenvalue weighted by Crippen LogP contribution is 2.39. The third-order valence-corrected chi connectivity index (χ3v) is 6.46. The Morgan fingerprint density at radius 2 is 2.09 bits per heavy atom. The van der Waals surface area contributed by atoms with Gasteiger partial charge in [0.1, 0.15) is 10.7 Å². The van der Waals surface area contributed by atoms with E-state index >= 15 is 0 Å². The van der Waals surface area contributed by atoms with E-state index in [1.807, 2.05) is 65.9 Å². The van der Waals surface area contributed by atoms with Crippen LogP contribution in [0.1, 0.15) is 31.4 Å². The van der Waals surface area contributed by atoms with Crippen LogP contribution < -0.4 is 10.6 Å². The van der Waals surface area contributed by atoms with Crippen LogP contribution in [-0.2, 0) is 4.79 Å². The van der Waals surface area contributed by atoms with Crippen LogP contribution in [0.2, 0.25) is 0 Å². The summed E-state index contributed by atoms with van der Waals surface area (Å²) in [5.74, 6) is 1.99. The van der Waals surface area contributed by atoms with Gasteiger partial charge in [-0.3, -0.25) is 19.2 Å². The lowest BCUT2D eigenvalue weighted by molar-refractivity contribution is -0.117. The van der Waals surface area contributed by atoms with Crippen LogP contribution in [-0.4, -0.2) is 55.5 Å². The van der Waals surface area contributed by atoms with Crippen molar-refractivity contribution in [2.24, 2.45) is 0 Å². The van der Waals surface area contributed by atoms with Gasteiger partial charge in [-0.05, 0) is 50.7 Å². The number of rotatable bonds is 9. The number of imidazole rings is 1. The highest BCUT2D eigenvalue weighted by molar-refractivity contribution is 7.99. The molecular formula is C23H26N8OS. The molecule has 1 saturated carbocycles. The lowest BCUT2D eigenvalue weighted by atomic mass is 10.3. The van der Waals surface area contributed by atoms with E-state index in [2.05, 4.69) is 25.8 Å². The average molecular weight is 463 g/mol. The van der Waals surface area contributed by atoms with Gasteiger partial charge in [0.15, 0.2) is 5.82 Å². The number of anilines is 3. The molecule has 0 unspecified atom stereocenters. The van der Waals surface area contributed by atoms with E-state index < -0.39 is 0 Å². The monoisotopic (exact) mass is 462 g/mol. The number of H-pyrrole nitrogens is 1. The topological polar surface area (TPSA) is 103 Å². The number of hydrogen-bond donors (Lipinski definition) is 3. The molecule has 5 rings (SSSR count). The number of fused-ring (bicyclic) bond motifs is 1. The summed E-state index contributed by atoms with van der Waals surface area (Å²) in [5.41, 5.74) is 2.74. The molecule has 3 N–H and O–H groups in total. The van der Waals surface area contributed by atoms with E-state index in [0.717, 1.165) is 33.6 Å². The summed E-state index contributed by atoms with van der Waals surface area (Å²) >= 11 is 1.54. The molecule has 9 nitrogen and oxygen atoms in total. The van der Waals surface area contributed by atoms with Gasteiger partial charge in [0.2, 0.25) is 11.9 Å². The third kappa shape index (κ3) is 5.18. The quantitative estimate of drug-likeness (QED) is 0.322. The lowest BCUT2D eigenvalue weighted by Crippen LogP contribution is -2.29. The molecule has 33 heavy (non-hydrogen) atoms. The number of nitrogens with zero attached hydrogens (tertiary/aromatic N) is 5. The molecular weight excluding hydrogens is 436 g/mol. The summed E-state index contributed by atoms with van der Waals surface area (Å²) in [6.45, 7) is 3.22. The molecule has 0 radical (unpaired) electrons. The third-order valence-electron chi connectivity index (χ3n) is 5.53. The molecule has 3 aromatic heterocycles. The van der Waals surface area contributed by atoms with Gasteiger partial charge >= 0.3 is 0 Å². The van der Waals surface area contributed by atoms with Crippen molar-refractivity contribution >= 4 is 40.8 Å². The standard InChI is InChI=1S/C23H26N8OS/c1-3-30(2)14-21(32)25-16-6-8-17(9-7-16)33-22-13-20-24-10-11-31(20)23(27-22)26-19-12-18(28-29-19)15-4-5-15/h6-13,15H,3-5,14H2,1-2H3,(H,25,32)(H2,26,27,28,29). The highest BCUT2D eigenvalue weighted by atomic mass is 32.2. The van der Waals surface area contributed by atoms with Crippen LogP contribution in [0.5, 0.6) is 0 Å². The number of amides is 1. The molecule has 1 aliphatic rings. The smallest absolute Gasteiger partial charge is 0.238 e. The van der Waals surface area contributed by atoms with Gasteiger partial charge < -0.3 is 10.6 Å². The average Bonchev–Trinajstić information content (AvgIpc) is 3.35. The number of nitrogens with one attached hydrogen (secondary N) is 3. The molecule has 0 bridgehead atoms. The Labute approximate surface area is 196 Å². The van der Waals surface area contributed by atoms with Gasteiger partial charge in [0, 0.05) is 46.7 Å². The SMILES string of the molecule is CCN(C)CC(=O)Nc1ccc(Sc2cc3nccn3c(Nc3cc(C4CC4)[nH]n3)n2)cc1. The number of hydrogen-bond acceptors (Lipinski definition) is 7. The predicted molar refractivity (Wildman–Crippen MR) is 129 cm³/mol. The van der Waals surface area contributed by atoms with E-state index in [1.54, 1.807) is 6.20 Å². The molecule has 10 heteroatoms. The number of carbonyl (C=O) groups excluding carboxylic acids is 1. The summed E-state index contributed by atoms with van der Waals surface area (Å²) < 4.78 is 1.90. The molecule has 1 aromatic carbocycles. The van der Waals surface area contributed by atoms with Gasteiger partial charge in [-0.1, -0.05) is 18.7 Å². The van der Waals surface area contributed by atoms with E-state index in [9.17, 15) is 4.79 Å². The van der Waals surface area contributed by atoms with Crippen molar-refractivity contribution in [2.75, 3.05) is 30.8 Å². The first-order valence-corrected chi connectivity index (χ1v) is 11.8. The Morgan fingerprint density at radius 1 is 1.27 bits per heavy atom. The first-order chi connectivity index (χ1) is 16.1. The summed E-state index contributed by atoms with van der Waals surface area (Å²) in [6.07, 6.45) is 6.07. The number of likely N-dealkylation sites (N-methyl/N-ethyl adjacent to an activating group) is 1. The molecule has 3 heterocycles. The zero-order valence-corrected chi connectivity index (χ0v) is 19.4. The minimum absolute atomic E-state index is 0.0231. The van der Waals surface area contributed by atoms with E-state index in [1.165, 1.54) is 30.3 Å². The van der Waals surface area contributed by atoms with Crippen molar-refractivity contribution in [1.29, 1.82) is 0 Å². The van der Waals surface area contributed by atoms with Crippen LogP contribution in [0.25, 0.3) is 5.65 Å². The van der Waals surface area contributed by atoms with Crippen molar-refractivity contribution < 1.29 is 4.79 Å². The molecule has 0 aliphatic heterocycles. The van der Waals surface area contributed by atoms with Crippen molar-refractivity contribution in [3.05, 3.63) is 54.5 Å². The second kappa shape index (κ2) is 9.24. The summed E-state index contributed by atoms with van der Waals surface area (Å²) in [7, 11) is 1.92. The molecule has 170 valence electrons. The highest BCUT2D eigenvalue weighted by Gasteiger charge is 2.25. The van der Waals surface area contributed by atoms with Crippen LogP contribution in [0.4, 0.5) is 17.5 Å². The van der Waals surface area contributed by atoms with Crippen molar-refractivity contribution in [1.82, 2.24) is 29.5 Å². The fraction of sp³-hybridized carbons (Fsp3) is 0.304. The van der Waals surface area contributed by atoms with Crippen LogP contribution in [0, 0.1) is 0 Å². The minimum Gasteiger partial charge on any atom is -0.325 e. The second-order valence-electron chi connectivity index (χ2n) is 8.19. The Hall–Kier alpha value is -3.37. The van der Waals surface area contributed by atoms with Gasteiger partial charge in [-0.25, -0.2) is 9.97 Å². The molecule has 4 aromatic rings. The summed E-state index contributed by atoms with van der Waals surface area (Å²) in [5, 5.41) is 14.6. The predicted octanol–water partition coefficient (Wildman–Crippen LogP) is 4.11. The molecule has 0 saturated heterocycles. The van der Waals surface area contributed by atoms with Crippen LogP contribution >= 0.6 is 11.8 Å². The zero-order chi connectivity index (χ0) is 22.8. The summed E-state index contributed by atoms with van der Waals surface area (Å²) in [6, 6.07) is 11.8.